The second-order valence-electron chi connectivity index (χ2n) is 7.69. The monoisotopic (exact) mass is 452 g/mol. The van der Waals surface area contributed by atoms with E-state index in [1.807, 2.05) is 18.2 Å². The zero-order valence-corrected chi connectivity index (χ0v) is 18.8. The standard InChI is InChI=1S/C10H13NO2.C10H7NO2.C5H8O2/c12-9-6-7-10(13)11(9)8-4-2-1-3-5-8;12-9-6-8(10(13)11-9)7-4-2-1-3-5-7;1-4(2)5(6)7-3/h6-8H,1-5H2;1-6H,(H,11,12,13);1H2,2-3H3. The maximum absolute atomic E-state index is 11.3. The Bertz CT molecular complexity index is 969. The van der Waals surface area contributed by atoms with Crippen LogP contribution in [0.3, 0.4) is 0 Å². The first-order chi connectivity index (χ1) is 15.7. The summed E-state index contributed by atoms with van der Waals surface area (Å²) in [5, 5.41) is 2.19. The molecule has 1 fully saturated rings. The molecule has 4 rings (SSSR count). The van der Waals surface area contributed by atoms with E-state index >= 15 is 0 Å². The van der Waals surface area contributed by atoms with Crippen LogP contribution >= 0.6 is 0 Å². The summed E-state index contributed by atoms with van der Waals surface area (Å²) in [4.78, 5) is 56.2. The summed E-state index contributed by atoms with van der Waals surface area (Å²) in [5.41, 5.74) is 1.64. The maximum atomic E-state index is 11.3. The third kappa shape index (κ3) is 7.38. The van der Waals surface area contributed by atoms with Gasteiger partial charge in [-0.05, 0) is 25.3 Å². The van der Waals surface area contributed by atoms with Crippen LogP contribution in [0.2, 0.25) is 0 Å². The third-order valence-electron chi connectivity index (χ3n) is 5.16. The SMILES string of the molecule is C=C(C)C(=O)OC.O=C1C=C(c2ccccc2)C(=O)N1.O=C1C=CC(=O)N1C1CCCCC1. The Morgan fingerprint density at radius 2 is 1.58 bits per heavy atom. The predicted molar refractivity (Wildman–Crippen MR) is 122 cm³/mol. The highest BCUT2D eigenvalue weighted by atomic mass is 16.5. The lowest BCUT2D eigenvalue weighted by Gasteiger charge is -2.29. The van der Waals surface area contributed by atoms with E-state index in [0.717, 1.165) is 31.2 Å². The number of ether oxygens (including phenoxy) is 1. The van der Waals surface area contributed by atoms with E-state index in [4.69, 9.17) is 0 Å². The molecular formula is C25H28N2O6. The van der Waals surface area contributed by atoms with E-state index < -0.39 is 0 Å². The maximum Gasteiger partial charge on any atom is 0.332 e. The van der Waals surface area contributed by atoms with Crippen LogP contribution in [0, 0.1) is 0 Å². The van der Waals surface area contributed by atoms with Crippen LogP contribution in [0.15, 0.2) is 60.7 Å². The van der Waals surface area contributed by atoms with Crippen molar-refractivity contribution in [2.75, 3.05) is 7.11 Å². The molecule has 0 unspecified atom stereocenters. The lowest BCUT2D eigenvalue weighted by atomic mass is 9.94. The molecule has 0 bridgehead atoms. The zero-order valence-electron chi connectivity index (χ0n) is 18.8. The summed E-state index contributed by atoms with van der Waals surface area (Å²) < 4.78 is 4.27. The summed E-state index contributed by atoms with van der Waals surface area (Å²) in [6, 6.07) is 9.27. The topological polar surface area (TPSA) is 110 Å². The van der Waals surface area contributed by atoms with Crippen molar-refractivity contribution in [3.63, 3.8) is 0 Å². The molecule has 2 aliphatic heterocycles. The van der Waals surface area contributed by atoms with Gasteiger partial charge in [0.05, 0.1) is 12.7 Å². The van der Waals surface area contributed by atoms with Gasteiger partial charge < -0.3 is 4.74 Å². The van der Waals surface area contributed by atoms with Gasteiger partial charge in [0, 0.05) is 29.8 Å². The number of esters is 1. The molecule has 0 spiro atoms. The van der Waals surface area contributed by atoms with Gasteiger partial charge in [0.15, 0.2) is 0 Å². The summed E-state index contributed by atoms with van der Waals surface area (Å²) in [7, 11) is 1.33. The molecule has 0 aromatic heterocycles. The van der Waals surface area contributed by atoms with Gasteiger partial charge in [-0.15, -0.1) is 0 Å². The minimum atomic E-state index is -0.347. The molecule has 1 saturated carbocycles. The molecule has 8 nitrogen and oxygen atoms in total. The zero-order chi connectivity index (χ0) is 24.4. The number of hydrogen-bond acceptors (Lipinski definition) is 6. The Hall–Kier alpha value is -3.81. The lowest BCUT2D eigenvalue weighted by Crippen LogP contribution is -2.41. The fourth-order valence-corrected chi connectivity index (χ4v) is 3.53. The Kier molecular flexibility index (Phi) is 9.47. The van der Waals surface area contributed by atoms with Crippen molar-refractivity contribution in [1.29, 1.82) is 0 Å². The molecule has 3 aliphatic rings. The van der Waals surface area contributed by atoms with Crippen LogP contribution in [-0.4, -0.2) is 47.6 Å². The summed E-state index contributed by atoms with van der Waals surface area (Å²) in [5.74, 6) is -1.27. The fraction of sp³-hybridized carbons (Fsp3) is 0.320. The Labute approximate surface area is 193 Å². The number of hydrogen-bond donors (Lipinski definition) is 1. The number of amides is 4. The minimum absolute atomic E-state index is 0.128. The molecular weight excluding hydrogens is 424 g/mol. The number of methoxy groups -OCH3 is 1. The summed E-state index contributed by atoms with van der Waals surface area (Å²) in [6.07, 6.45) is 9.55. The van der Waals surface area contributed by atoms with Gasteiger partial charge in [-0.1, -0.05) is 56.2 Å². The van der Waals surface area contributed by atoms with Crippen molar-refractivity contribution < 1.29 is 28.7 Å². The molecule has 8 heteroatoms. The van der Waals surface area contributed by atoms with Gasteiger partial charge in [-0.25, -0.2) is 4.79 Å². The third-order valence-corrected chi connectivity index (χ3v) is 5.16. The molecule has 0 saturated heterocycles. The number of nitrogens with zero attached hydrogens (tertiary/aromatic N) is 1. The molecule has 1 aliphatic carbocycles. The number of nitrogens with one attached hydrogen (secondary N) is 1. The van der Waals surface area contributed by atoms with Crippen molar-refractivity contribution in [3.05, 3.63) is 66.3 Å². The van der Waals surface area contributed by atoms with Crippen LogP contribution in [0.4, 0.5) is 0 Å². The molecule has 4 amide bonds. The van der Waals surface area contributed by atoms with Crippen LogP contribution in [0.5, 0.6) is 0 Å². The Balaban J connectivity index is 0.000000185. The van der Waals surface area contributed by atoms with Crippen molar-refractivity contribution in [2.24, 2.45) is 0 Å². The van der Waals surface area contributed by atoms with Crippen LogP contribution in [0.1, 0.15) is 44.6 Å². The molecule has 1 N–H and O–H groups in total. The van der Waals surface area contributed by atoms with Crippen molar-refractivity contribution in [1.82, 2.24) is 10.2 Å². The normalized spacial score (nSPS) is 17.4. The van der Waals surface area contributed by atoms with Gasteiger partial charge in [0.1, 0.15) is 0 Å². The highest BCUT2D eigenvalue weighted by molar-refractivity contribution is 6.33. The average Bonchev–Trinajstić information content (AvgIpc) is 3.34. The van der Waals surface area contributed by atoms with E-state index in [1.54, 1.807) is 19.1 Å². The first-order valence-corrected chi connectivity index (χ1v) is 10.7. The van der Waals surface area contributed by atoms with Crippen LogP contribution in [-0.2, 0) is 28.7 Å². The second kappa shape index (κ2) is 12.3. The molecule has 0 radical (unpaired) electrons. The van der Waals surface area contributed by atoms with Crippen molar-refractivity contribution in [2.45, 2.75) is 45.1 Å². The van der Waals surface area contributed by atoms with Crippen LogP contribution < -0.4 is 5.32 Å². The number of rotatable bonds is 3. The first kappa shape index (κ1) is 25.5. The Morgan fingerprint density at radius 3 is 2.00 bits per heavy atom. The number of carbonyl (C=O) groups is 5. The van der Waals surface area contributed by atoms with Crippen molar-refractivity contribution in [3.8, 4) is 0 Å². The van der Waals surface area contributed by atoms with E-state index in [1.165, 1.54) is 36.7 Å². The number of imide groups is 2. The molecule has 174 valence electrons. The molecule has 1 aromatic rings. The van der Waals surface area contributed by atoms with E-state index in [9.17, 15) is 24.0 Å². The van der Waals surface area contributed by atoms with Crippen LogP contribution in [0.25, 0.3) is 5.57 Å². The quantitative estimate of drug-likeness (QED) is 0.429. The minimum Gasteiger partial charge on any atom is -0.466 e. The number of benzene rings is 1. The number of carbonyl (C=O) groups excluding carboxylic acids is 5. The van der Waals surface area contributed by atoms with Gasteiger partial charge in [-0.2, -0.15) is 0 Å². The predicted octanol–water partition coefficient (Wildman–Crippen LogP) is 2.71. The summed E-state index contributed by atoms with van der Waals surface area (Å²) in [6.45, 7) is 4.95. The average molecular weight is 453 g/mol. The lowest BCUT2D eigenvalue weighted by molar-refractivity contribution is -0.140. The smallest absolute Gasteiger partial charge is 0.332 e. The molecule has 1 aromatic carbocycles. The van der Waals surface area contributed by atoms with Gasteiger partial charge in [0.25, 0.3) is 23.6 Å². The van der Waals surface area contributed by atoms with Gasteiger partial charge in [-0.3, -0.25) is 29.4 Å². The van der Waals surface area contributed by atoms with Gasteiger partial charge in [0.2, 0.25) is 0 Å². The first-order valence-electron chi connectivity index (χ1n) is 10.7. The van der Waals surface area contributed by atoms with E-state index in [-0.39, 0.29) is 35.6 Å². The van der Waals surface area contributed by atoms with E-state index in [2.05, 4.69) is 16.6 Å². The highest BCUT2D eigenvalue weighted by Crippen LogP contribution is 2.24. The Morgan fingerprint density at radius 1 is 1.00 bits per heavy atom. The molecule has 33 heavy (non-hydrogen) atoms. The largest absolute Gasteiger partial charge is 0.466 e. The molecule has 0 atom stereocenters. The molecule has 2 heterocycles. The highest BCUT2D eigenvalue weighted by Gasteiger charge is 2.31. The second-order valence-corrected chi connectivity index (χ2v) is 7.69. The van der Waals surface area contributed by atoms with Crippen molar-refractivity contribution >= 4 is 35.2 Å². The van der Waals surface area contributed by atoms with Gasteiger partial charge >= 0.3 is 5.97 Å². The van der Waals surface area contributed by atoms with E-state index in [0.29, 0.717) is 11.1 Å². The summed E-state index contributed by atoms with van der Waals surface area (Å²) >= 11 is 0. The fourth-order valence-electron chi connectivity index (χ4n) is 3.53.